The van der Waals surface area contributed by atoms with Crippen LogP contribution in [0.2, 0.25) is 0 Å². The normalized spacial score (nSPS) is 26.5. The number of carboxylic acids is 1. The van der Waals surface area contributed by atoms with Gasteiger partial charge in [0.05, 0.1) is 0 Å². The van der Waals surface area contributed by atoms with Gasteiger partial charge in [0, 0.05) is 12.8 Å². The van der Waals surface area contributed by atoms with Crippen LogP contribution in [-0.2, 0) is 19.1 Å². The second-order valence-electron chi connectivity index (χ2n) is 25.4. The van der Waals surface area contributed by atoms with Crippen molar-refractivity contribution in [1.29, 1.82) is 0 Å². The van der Waals surface area contributed by atoms with Crippen LogP contribution in [0.4, 0.5) is 0 Å². The Balaban J connectivity index is 1.13. The molecule has 3 fully saturated rings. The second kappa shape index (κ2) is 33.9. The number of fused-ring (bicyclic) bond motifs is 5. The number of amides is 1. The SMILES string of the molecule is CCCCCCCCCCCC(=O)N[C@@H](CCC(=O)OC(CCCCCCCCCCC)CCCCCCCCC1CC[C@@]2(C)C(=CCC3C2CC[C@@]2(C)C3CC[C@@H]2[C@H](C)CCCC(C)C)C1)C(=O)O. The van der Waals surface area contributed by atoms with Gasteiger partial charge >= 0.3 is 11.9 Å². The fourth-order valence-corrected chi connectivity index (χ4v) is 15.1. The fourth-order valence-electron chi connectivity index (χ4n) is 15.1. The van der Waals surface area contributed by atoms with E-state index in [1.165, 1.54) is 199 Å². The summed E-state index contributed by atoms with van der Waals surface area (Å²) in [7, 11) is 0. The smallest absolute Gasteiger partial charge is 0.326 e. The van der Waals surface area contributed by atoms with Gasteiger partial charge in [0.1, 0.15) is 12.1 Å². The van der Waals surface area contributed by atoms with Crippen LogP contribution in [0.1, 0.15) is 312 Å². The number of allylic oxidation sites excluding steroid dienone is 2. The molecule has 0 aliphatic heterocycles. The largest absolute Gasteiger partial charge is 0.480 e. The summed E-state index contributed by atoms with van der Waals surface area (Å²) in [5.74, 6) is 4.67. The monoisotopic (exact) mass is 978 g/mol. The van der Waals surface area contributed by atoms with Crippen molar-refractivity contribution in [3.05, 3.63) is 11.6 Å². The average molecular weight is 979 g/mol. The van der Waals surface area contributed by atoms with Gasteiger partial charge in [-0.2, -0.15) is 0 Å². The van der Waals surface area contributed by atoms with E-state index >= 15 is 0 Å². The number of carbonyl (C=O) groups excluding carboxylic acids is 2. The minimum absolute atomic E-state index is 0.0146. The number of unbranched alkanes of at least 4 members (excludes halogenated alkanes) is 21. The maximum absolute atomic E-state index is 13.2. The lowest BCUT2D eigenvalue weighted by Gasteiger charge is -2.58. The minimum atomic E-state index is -1.08. The Labute approximate surface area is 433 Å². The molecule has 0 saturated heterocycles. The van der Waals surface area contributed by atoms with E-state index in [-0.39, 0.29) is 30.8 Å². The number of rotatable bonds is 40. The van der Waals surface area contributed by atoms with Crippen molar-refractivity contribution < 1.29 is 24.2 Å². The zero-order valence-corrected chi connectivity index (χ0v) is 47.3. The van der Waals surface area contributed by atoms with E-state index in [9.17, 15) is 19.5 Å². The van der Waals surface area contributed by atoms with E-state index in [0.29, 0.717) is 17.3 Å². The molecule has 3 saturated carbocycles. The van der Waals surface area contributed by atoms with Gasteiger partial charge in [-0.25, -0.2) is 4.79 Å². The molecule has 4 rings (SSSR count). The molecule has 0 aromatic carbocycles. The molecule has 0 radical (unpaired) electrons. The molecule has 1 amide bonds. The topological polar surface area (TPSA) is 92.7 Å². The van der Waals surface area contributed by atoms with Crippen LogP contribution < -0.4 is 5.32 Å². The summed E-state index contributed by atoms with van der Waals surface area (Å²) >= 11 is 0. The average Bonchev–Trinajstić information content (AvgIpc) is 3.69. The number of ether oxygens (including phenoxy) is 1. The Kier molecular flexibility index (Phi) is 29.4. The maximum Gasteiger partial charge on any atom is 0.326 e. The van der Waals surface area contributed by atoms with Gasteiger partial charge in [-0.3, -0.25) is 9.59 Å². The van der Waals surface area contributed by atoms with Crippen molar-refractivity contribution in [2.45, 2.75) is 324 Å². The lowest BCUT2D eigenvalue weighted by Crippen LogP contribution is -2.50. The minimum Gasteiger partial charge on any atom is -0.480 e. The van der Waals surface area contributed by atoms with Gasteiger partial charge in [-0.05, 0) is 142 Å². The summed E-state index contributed by atoms with van der Waals surface area (Å²) in [4.78, 5) is 37.9. The number of aliphatic carboxylic acids is 1. The van der Waals surface area contributed by atoms with Gasteiger partial charge in [0.25, 0.3) is 0 Å². The number of nitrogens with one attached hydrogen (secondary N) is 1. The van der Waals surface area contributed by atoms with Crippen LogP contribution in [0.5, 0.6) is 0 Å². The maximum atomic E-state index is 13.2. The highest BCUT2D eigenvalue weighted by Gasteiger charge is 2.59. The van der Waals surface area contributed by atoms with Gasteiger partial charge in [-0.1, -0.05) is 221 Å². The third kappa shape index (κ3) is 20.8. The predicted molar refractivity (Wildman–Crippen MR) is 296 cm³/mol. The summed E-state index contributed by atoms with van der Waals surface area (Å²) in [5.41, 5.74) is 2.88. The highest BCUT2D eigenvalue weighted by Crippen LogP contribution is 2.67. The van der Waals surface area contributed by atoms with Gasteiger partial charge < -0.3 is 15.2 Å². The van der Waals surface area contributed by atoms with Crippen LogP contribution in [0.25, 0.3) is 0 Å². The quantitative estimate of drug-likeness (QED) is 0.0362. The zero-order chi connectivity index (χ0) is 50.6. The number of esters is 1. The third-order valence-electron chi connectivity index (χ3n) is 19.5. The number of carboxylic acid groups (broad SMARTS) is 1. The van der Waals surface area contributed by atoms with Crippen molar-refractivity contribution in [2.24, 2.45) is 52.3 Å². The molecule has 0 heterocycles. The zero-order valence-electron chi connectivity index (χ0n) is 47.3. The van der Waals surface area contributed by atoms with E-state index in [1.54, 1.807) is 0 Å². The third-order valence-corrected chi connectivity index (χ3v) is 19.5. The molecule has 4 aliphatic carbocycles. The number of hydrogen-bond donors (Lipinski definition) is 2. The molecule has 6 heteroatoms. The van der Waals surface area contributed by atoms with Crippen molar-refractivity contribution in [3.63, 3.8) is 0 Å². The summed E-state index contributed by atoms with van der Waals surface area (Å²) in [6.07, 6.45) is 51.3. The fraction of sp³-hybridized carbons (Fsp3) is 0.922. The first-order chi connectivity index (χ1) is 33.8. The predicted octanol–water partition coefficient (Wildman–Crippen LogP) is 18.9. The molecule has 0 aromatic heterocycles. The highest BCUT2D eigenvalue weighted by atomic mass is 16.5. The summed E-state index contributed by atoms with van der Waals surface area (Å²) in [6, 6.07) is -1.06. The number of hydrogen-bond acceptors (Lipinski definition) is 4. The standard InChI is InChI=1S/C64H115NO5/c1-8-10-12-14-16-18-20-25-29-36-54(70-61(67)44-43-59(62(68)69)65-60(66)38-31-27-21-19-17-15-13-11-9-2)37-30-26-23-22-24-28-35-52-45-47-63(6)53(49-52)39-40-55-57-42-41-56(51(5)34-32-33-50(3)4)64(57,7)48-46-58(55)63/h39,50-52,54-59H,8-38,40-49H2,1-7H3,(H,65,66)(H,68,69)/t51-,52?,54?,55?,56-,57?,58?,59+,63+,64-/m1/s1. The summed E-state index contributed by atoms with van der Waals surface area (Å²) in [6.45, 7) is 17.3. The van der Waals surface area contributed by atoms with E-state index in [2.05, 4.69) is 59.9 Å². The first-order valence-electron chi connectivity index (χ1n) is 31.2. The van der Waals surface area contributed by atoms with Crippen LogP contribution in [0.3, 0.4) is 0 Å². The molecule has 4 aliphatic rings. The van der Waals surface area contributed by atoms with Crippen LogP contribution in [0, 0.1) is 52.3 Å². The molecule has 0 aromatic rings. The summed E-state index contributed by atoms with van der Waals surface area (Å²) < 4.78 is 6.08. The van der Waals surface area contributed by atoms with E-state index in [4.69, 9.17) is 4.74 Å². The lowest BCUT2D eigenvalue weighted by atomic mass is 9.46. The molecule has 0 spiro atoms. The van der Waals surface area contributed by atoms with E-state index in [1.807, 2.05) is 5.57 Å². The Morgan fingerprint density at radius 3 is 1.79 bits per heavy atom. The Bertz CT molecular complexity index is 1470. The first kappa shape index (κ1) is 60.7. The lowest BCUT2D eigenvalue weighted by molar-refractivity contribution is -0.150. The summed E-state index contributed by atoms with van der Waals surface area (Å²) in [5, 5.41) is 12.6. The highest BCUT2D eigenvalue weighted by molar-refractivity contribution is 5.84. The molecule has 70 heavy (non-hydrogen) atoms. The van der Waals surface area contributed by atoms with Crippen molar-refractivity contribution >= 4 is 17.8 Å². The van der Waals surface area contributed by atoms with Crippen molar-refractivity contribution in [3.8, 4) is 0 Å². The van der Waals surface area contributed by atoms with Crippen LogP contribution in [0.15, 0.2) is 11.6 Å². The molecular weight excluding hydrogens is 863 g/mol. The molecule has 0 bridgehead atoms. The molecule has 6 nitrogen and oxygen atoms in total. The first-order valence-corrected chi connectivity index (χ1v) is 31.2. The van der Waals surface area contributed by atoms with E-state index in [0.717, 1.165) is 86.4 Å². The molecule has 10 atom stereocenters. The Morgan fingerprint density at radius 1 is 0.629 bits per heavy atom. The van der Waals surface area contributed by atoms with Gasteiger partial charge in [0.2, 0.25) is 5.91 Å². The Hall–Kier alpha value is -1.85. The van der Waals surface area contributed by atoms with Crippen LogP contribution >= 0.6 is 0 Å². The van der Waals surface area contributed by atoms with Gasteiger partial charge in [0.15, 0.2) is 0 Å². The van der Waals surface area contributed by atoms with E-state index < -0.39 is 12.0 Å². The van der Waals surface area contributed by atoms with Gasteiger partial charge in [-0.15, -0.1) is 0 Å². The van der Waals surface area contributed by atoms with Crippen LogP contribution in [-0.4, -0.2) is 35.1 Å². The Morgan fingerprint density at radius 2 is 1.20 bits per heavy atom. The molecule has 2 N–H and O–H groups in total. The molecule has 406 valence electrons. The van der Waals surface area contributed by atoms with Crippen molar-refractivity contribution in [2.75, 3.05) is 0 Å². The molecular formula is C64H115NO5. The van der Waals surface area contributed by atoms with Crippen molar-refractivity contribution in [1.82, 2.24) is 5.32 Å². The molecule has 5 unspecified atom stereocenters. The second-order valence-corrected chi connectivity index (χ2v) is 25.4. The number of carbonyl (C=O) groups is 3.